The van der Waals surface area contributed by atoms with Crippen LogP contribution in [0.2, 0.25) is 0 Å². The van der Waals surface area contributed by atoms with Gasteiger partial charge in [0.05, 0.1) is 12.2 Å². The number of hydrogen-bond acceptors (Lipinski definition) is 2. The maximum Gasteiger partial charge on any atom is 0.193 e. The number of nitrogens with one attached hydrogen (secondary N) is 1. The largest absolute Gasteiger partial charge is 0.370 e. The Morgan fingerprint density at radius 2 is 1.95 bits per heavy atom. The molecule has 0 heterocycles. The van der Waals surface area contributed by atoms with E-state index in [0.717, 1.165) is 31.0 Å². The molecule has 0 aromatic heterocycles. The van der Waals surface area contributed by atoms with Gasteiger partial charge in [-0.25, -0.2) is 8.78 Å². The third-order valence-corrected chi connectivity index (χ3v) is 4.47. The molecule has 0 spiro atoms. The average Bonchev–Trinajstić information content (AvgIpc) is 2.50. The average molecular weight is 310 g/mol. The van der Waals surface area contributed by atoms with E-state index in [1.54, 1.807) is 0 Å². The van der Waals surface area contributed by atoms with Crippen LogP contribution in [0, 0.1) is 11.6 Å². The van der Waals surface area contributed by atoms with E-state index in [4.69, 9.17) is 5.73 Å². The summed E-state index contributed by atoms with van der Waals surface area (Å²) in [6, 6.07) is 3.20. The lowest BCUT2D eigenvalue weighted by Crippen LogP contribution is -2.49. The highest BCUT2D eigenvalue weighted by molar-refractivity contribution is 5.92. The van der Waals surface area contributed by atoms with Crippen LogP contribution in [0.5, 0.6) is 0 Å². The maximum atomic E-state index is 13.6. The van der Waals surface area contributed by atoms with Gasteiger partial charge in [-0.1, -0.05) is 19.3 Å². The lowest BCUT2D eigenvalue weighted by atomic mass is 9.81. The smallest absolute Gasteiger partial charge is 0.193 e. The molecule has 122 valence electrons. The molecule has 3 N–H and O–H groups in total. The number of hydrogen-bond donors (Lipinski definition) is 2. The number of nitrogens with zero attached hydrogens (tertiary/aromatic N) is 2. The quantitative estimate of drug-likeness (QED) is 0.664. The second kappa shape index (κ2) is 7.05. The summed E-state index contributed by atoms with van der Waals surface area (Å²) in [6.07, 6.45) is 5.76. The van der Waals surface area contributed by atoms with Crippen molar-refractivity contribution in [3.8, 4) is 0 Å². The van der Waals surface area contributed by atoms with E-state index in [1.165, 1.54) is 19.3 Å². The minimum Gasteiger partial charge on any atom is -0.370 e. The van der Waals surface area contributed by atoms with E-state index in [2.05, 4.69) is 29.3 Å². The Bertz CT molecular complexity index is 537. The molecule has 0 saturated heterocycles. The van der Waals surface area contributed by atoms with Gasteiger partial charge in [-0.15, -0.1) is 0 Å². The van der Waals surface area contributed by atoms with Gasteiger partial charge in [-0.05, 0) is 39.1 Å². The van der Waals surface area contributed by atoms with Gasteiger partial charge in [-0.2, -0.15) is 0 Å². The van der Waals surface area contributed by atoms with Crippen molar-refractivity contribution in [2.45, 2.75) is 37.6 Å². The van der Waals surface area contributed by atoms with Crippen LogP contribution in [0.15, 0.2) is 23.2 Å². The Morgan fingerprint density at radius 3 is 2.59 bits per heavy atom. The van der Waals surface area contributed by atoms with Gasteiger partial charge in [0.15, 0.2) is 5.96 Å². The molecule has 1 aromatic carbocycles. The first kappa shape index (κ1) is 16.7. The Balaban J connectivity index is 2.06. The summed E-state index contributed by atoms with van der Waals surface area (Å²) >= 11 is 0. The lowest BCUT2D eigenvalue weighted by molar-refractivity contribution is 0.109. The predicted octanol–water partition coefficient (Wildman–Crippen LogP) is 2.96. The molecule has 4 nitrogen and oxygen atoms in total. The number of nitrogens with two attached hydrogens (primary N) is 1. The first-order valence-electron chi connectivity index (χ1n) is 7.62. The fourth-order valence-electron chi connectivity index (χ4n) is 2.96. The minimum atomic E-state index is -0.556. The third-order valence-electron chi connectivity index (χ3n) is 4.47. The molecule has 0 radical (unpaired) electrons. The zero-order valence-electron chi connectivity index (χ0n) is 13.2. The number of rotatable bonds is 4. The predicted molar refractivity (Wildman–Crippen MR) is 86.0 cm³/mol. The van der Waals surface area contributed by atoms with Crippen molar-refractivity contribution < 1.29 is 8.78 Å². The second-order valence-electron chi connectivity index (χ2n) is 6.13. The highest BCUT2D eigenvalue weighted by atomic mass is 19.1. The van der Waals surface area contributed by atoms with Gasteiger partial charge in [0.2, 0.25) is 0 Å². The van der Waals surface area contributed by atoms with Crippen LogP contribution < -0.4 is 11.1 Å². The van der Waals surface area contributed by atoms with E-state index in [1.807, 2.05) is 0 Å². The van der Waals surface area contributed by atoms with Gasteiger partial charge in [0, 0.05) is 11.6 Å². The van der Waals surface area contributed by atoms with Crippen LogP contribution in [0.3, 0.4) is 0 Å². The van der Waals surface area contributed by atoms with Crippen LogP contribution in [0.1, 0.15) is 32.1 Å². The lowest BCUT2D eigenvalue weighted by Gasteiger charge is -2.42. The van der Waals surface area contributed by atoms with Crippen molar-refractivity contribution in [1.29, 1.82) is 0 Å². The Kier molecular flexibility index (Phi) is 5.34. The van der Waals surface area contributed by atoms with Gasteiger partial charge in [-0.3, -0.25) is 4.99 Å². The molecular weight excluding hydrogens is 286 g/mol. The van der Waals surface area contributed by atoms with Crippen LogP contribution >= 0.6 is 0 Å². The number of aliphatic imine (C=N–C) groups is 1. The summed E-state index contributed by atoms with van der Waals surface area (Å²) in [5, 5.41) is 2.64. The summed E-state index contributed by atoms with van der Waals surface area (Å²) in [5.41, 5.74) is 5.84. The Morgan fingerprint density at radius 1 is 1.27 bits per heavy atom. The second-order valence-corrected chi connectivity index (χ2v) is 6.13. The van der Waals surface area contributed by atoms with E-state index in [9.17, 15) is 8.78 Å². The zero-order valence-corrected chi connectivity index (χ0v) is 13.2. The molecule has 22 heavy (non-hydrogen) atoms. The molecule has 1 saturated carbocycles. The first-order valence-corrected chi connectivity index (χ1v) is 7.62. The zero-order chi connectivity index (χ0) is 16.2. The van der Waals surface area contributed by atoms with Crippen molar-refractivity contribution in [2.24, 2.45) is 10.7 Å². The summed E-state index contributed by atoms with van der Waals surface area (Å²) in [7, 11) is 4.10. The van der Waals surface area contributed by atoms with E-state index >= 15 is 0 Å². The first-order chi connectivity index (χ1) is 10.4. The molecule has 0 atom stereocenters. The summed E-state index contributed by atoms with van der Waals surface area (Å²) in [4.78, 5) is 6.56. The normalized spacial score (nSPS) is 18.5. The van der Waals surface area contributed by atoms with E-state index < -0.39 is 11.6 Å². The molecule has 1 aliphatic rings. The van der Waals surface area contributed by atoms with E-state index in [0.29, 0.717) is 6.54 Å². The molecule has 0 unspecified atom stereocenters. The highest BCUT2D eigenvalue weighted by Crippen LogP contribution is 2.32. The van der Waals surface area contributed by atoms with Crippen molar-refractivity contribution in [3.63, 3.8) is 0 Å². The van der Waals surface area contributed by atoms with Crippen molar-refractivity contribution in [3.05, 3.63) is 29.8 Å². The van der Waals surface area contributed by atoms with Gasteiger partial charge in [0.25, 0.3) is 0 Å². The number of halogens is 2. The number of guanidine groups is 1. The molecule has 2 rings (SSSR count). The van der Waals surface area contributed by atoms with Crippen LogP contribution in [-0.4, -0.2) is 37.0 Å². The topological polar surface area (TPSA) is 53.6 Å². The third kappa shape index (κ3) is 3.94. The van der Waals surface area contributed by atoms with Crippen molar-refractivity contribution in [1.82, 2.24) is 4.90 Å². The fourth-order valence-corrected chi connectivity index (χ4v) is 2.96. The molecule has 1 aliphatic carbocycles. The number of anilines is 1. The van der Waals surface area contributed by atoms with Crippen LogP contribution in [-0.2, 0) is 0 Å². The highest BCUT2D eigenvalue weighted by Gasteiger charge is 2.33. The molecular formula is C16H24F2N4. The minimum absolute atomic E-state index is 0.00352. The van der Waals surface area contributed by atoms with E-state index in [-0.39, 0.29) is 17.2 Å². The fraction of sp³-hybridized carbons (Fsp3) is 0.562. The Labute approximate surface area is 130 Å². The van der Waals surface area contributed by atoms with Gasteiger partial charge < -0.3 is 16.0 Å². The van der Waals surface area contributed by atoms with Gasteiger partial charge in [0.1, 0.15) is 11.6 Å². The monoisotopic (exact) mass is 310 g/mol. The standard InChI is InChI=1S/C16H24F2N4/c1-22(2)16(8-4-3-5-9-16)11-20-15(19)21-14-10-12(17)6-7-13(14)18/h6-7,10H,3-5,8-9,11H2,1-2H3,(H3,19,20,21). The SMILES string of the molecule is CN(C)C1(CN=C(N)Nc2cc(F)ccc2F)CCCCC1. The molecule has 1 aromatic rings. The number of benzene rings is 1. The summed E-state index contributed by atoms with van der Waals surface area (Å²) in [5.74, 6) is -0.968. The molecule has 0 bridgehead atoms. The molecule has 0 aliphatic heterocycles. The molecule has 0 amide bonds. The summed E-state index contributed by atoms with van der Waals surface area (Å²) < 4.78 is 26.7. The van der Waals surface area contributed by atoms with Crippen molar-refractivity contribution in [2.75, 3.05) is 26.0 Å². The summed E-state index contributed by atoms with van der Waals surface area (Å²) in [6.45, 7) is 0.551. The van der Waals surface area contributed by atoms with Crippen LogP contribution in [0.4, 0.5) is 14.5 Å². The van der Waals surface area contributed by atoms with Gasteiger partial charge >= 0.3 is 0 Å². The molecule has 6 heteroatoms. The Hall–Kier alpha value is -1.69. The molecule has 1 fully saturated rings. The van der Waals surface area contributed by atoms with Crippen molar-refractivity contribution >= 4 is 11.6 Å². The van der Waals surface area contributed by atoms with Crippen LogP contribution in [0.25, 0.3) is 0 Å². The maximum absolute atomic E-state index is 13.6. The number of likely N-dealkylation sites (N-methyl/N-ethyl adjacent to an activating group) is 1.